The number of hydrogen-bond acceptors (Lipinski definition) is 7. The molecule has 3 aromatic rings. The highest BCUT2D eigenvalue weighted by Gasteiger charge is 2.13. The van der Waals surface area contributed by atoms with E-state index in [0.717, 1.165) is 53.5 Å². The Kier molecular flexibility index (Phi) is 4.81. The number of aromatic nitrogens is 4. The Bertz CT molecular complexity index is 915. The molecule has 0 spiro atoms. The number of hydrogen-bond donors (Lipinski definition) is 1. The second-order valence-corrected chi connectivity index (χ2v) is 7.18. The van der Waals surface area contributed by atoms with Crippen LogP contribution in [0, 0.1) is 6.92 Å². The molecule has 2 aromatic heterocycles. The Balaban J connectivity index is 1.35. The van der Waals surface area contributed by atoms with Crippen molar-refractivity contribution in [3.05, 3.63) is 35.1 Å². The monoisotopic (exact) mass is 372 g/mol. The van der Waals surface area contributed by atoms with Crippen molar-refractivity contribution in [2.24, 2.45) is 0 Å². The molecule has 0 aliphatic carbocycles. The van der Waals surface area contributed by atoms with E-state index in [2.05, 4.69) is 31.6 Å². The first-order valence-corrected chi connectivity index (χ1v) is 9.41. The lowest BCUT2D eigenvalue weighted by Crippen LogP contribution is -2.36. The smallest absolute Gasteiger partial charge is 0.234 e. The first-order chi connectivity index (χ1) is 12.7. The van der Waals surface area contributed by atoms with E-state index in [-0.39, 0.29) is 5.91 Å². The zero-order valence-electron chi connectivity index (χ0n) is 14.5. The molecule has 0 radical (unpaired) electrons. The number of nitrogens with one attached hydrogen (secondary N) is 1. The van der Waals surface area contributed by atoms with Crippen LogP contribution in [0.1, 0.15) is 17.3 Å². The topological polar surface area (TPSA) is 84.7 Å². The highest BCUT2D eigenvalue weighted by atomic mass is 32.1. The summed E-state index contributed by atoms with van der Waals surface area (Å²) in [5, 5.41) is 16.3. The number of rotatable bonds is 5. The first-order valence-electron chi connectivity index (χ1n) is 8.59. The van der Waals surface area contributed by atoms with Crippen molar-refractivity contribution in [3.63, 3.8) is 0 Å². The van der Waals surface area contributed by atoms with Crippen LogP contribution in [0.4, 0.5) is 11.4 Å². The summed E-state index contributed by atoms with van der Waals surface area (Å²) < 4.78 is 7.10. The quantitative estimate of drug-likeness (QED) is 0.736. The van der Waals surface area contributed by atoms with Gasteiger partial charge < -0.3 is 15.0 Å². The largest absolute Gasteiger partial charge is 0.378 e. The van der Waals surface area contributed by atoms with Gasteiger partial charge in [0.2, 0.25) is 10.9 Å². The summed E-state index contributed by atoms with van der Waals surface area (Å²) >= 11 is 1.47. The van der Waals surface area contributed by atoms with Crippen LogP contribution in [0.5, 0.6) is 0 Å². The molecule has 1 saturated heterocycles. The van der Waals surface area contributed by atoms with Gasteiger partial charge in [0, 0.05) is 37.3 Å². The molecule has 1 aliphatic heterocycles. The van der Waals surface area contributed by atoms with Crippen LogP contribution in [0.25, 0.3) is 4.96 Å². The van der Waals surface area contributed by atoms with Crippen molar-refractivity contribution in [2.75, 3.05) is 36.5 Å². The van der Waals surface area contributed by atoms with Crippen LogP contribution >= 0.6 is 11.3 Å². The van der Waals surface area contributed by atoms with Gasteiger partial charge in [-0.3, -0.25) is 4.79 Å². The van der Waals surface area contributed by atoms with E-state index in [1.54, 1.807) is 4.52 Å². The van der Waals surface area contributed by atoms with E-state index in [9.17, 15) is 4.79 Å². The third-order valence-electron chi connectivity index (χ3n) is 4.26. The van der Waals surface area contributed by atoms with E-state index in [1.165, 1.54) is 11.3 Å². The van der Waals surface area contributed by atoms with Gasteiger partial charge in [0.1, 0.15) is 5.01 Å². The van der Waals surface area contributed by atoms with Gasteiger partial charge in [0.25, 0.3) is 0 Å². The van der Waals surface area contributed by atoms with Crippen molar-refractivity contribution < 1.29 is 9.53 Å². The molecular formula is C17H20N6O2S. The molecule has 1 aliphatic rings. The molecule has 1 fully saturated rings. The van der Waals surface area contributed by atoms with Crippen molar-refractivity contribution in [2.45, 2.75) is 19.8 Å². The minimum atomic E-state index is -0.0215. The number of morpholine rings is 1. The number of fused-ring (bicyclic) bond motifs is 1. The maximum Gasteiger partial charge on any atom is 0.234 e. The minimum absolute atomic E-state index is 0.0215. The normalized spacial score (nSPS) is 14.7. The zero-order valence-corrected chi connectivity index (χ0v) is 15.3. The maximum absolute atomic E-state index is 12.3. The lowest BCUT2D eigenvalue weighted by Gasteiger charge is -2.29. The van der Waals surface area contributed by atoms with Gasteiger partial charge in [-0.15, -0.1) is 10.2 Å². The average Bonchev–Trinajstić information content (AvgIpc) is 3.23. The molecule has 136 valence electrons. The van der Waals surface area contributed by atoms with Crippen molar-refractivity contribution >= 4 is 33.6 Å². The molecule has 8 nitrogen and oxygen atoms in total. The highest BCUT2D eigenvalue weighted by molar-refractivity contribution is 7.16. The lowest BCUT2D eigenvalue weighted by atomic mass is 10.2. The number of benzene rings is 1. The summed E-state index contributed by atoms with van der Waals surface area (Å²) in [5.74, 6) is 0.735. The number of carbonyl (C=O) groups excluding carboxylic acids is 1. The molecule has 0 bridgehead atoms. The van der Waals surface area contributed by atoms with E-state index in [4.69, 9.17) is 4.74 Å². The van der Waals surface area contributed by atoms with E-state index in [0.29, 0.717) is 12.8 Å². The molecule has 1 amide bonds. The summed E-state index contributed by atoms with van der Waals surface area (Å²) in [7, 11) is 0. The van der Waals surface area contributed by atoms with Gasteiger partial charge in [0.05, 0.1) is 13.2 Å². The van der Waals surface area contributed by atoms with Gasteiger partial charge in [-0.2, -0.15) is 9.61 Å². The van der Waals surface area contributed by atoms with Crippen LogP contribution in [0.3, 0.4) is 0 Å². The second-order valence-electron chi connectivity index (χ2n) is 6.14. The average molecular weight is 372 g/mol. The second kappa shape index (κ2) is 7.38. The summed E-state index contributed by atoms with van der Waals surface area (Å²) in [6, 6.07) is 7.94. The number of carbonyl (C=O) groups is 1. The zero-order chi connectivity index (χ0) is 17.9. The molecule has 0 unspecified atom stereocenters. The maximum atomic E-state index is 12.3. The van der Waals surface area contributed by atoms with Gasteiger partial charge in [-0.05, 0) is 25.1 Å². The number of ether oxygens (including phenoxy) is 1. The van der Waals surface area contributed by atoms with Gasteiger partial charge in [-0.1, -0.05) is 17.4 Å². The Morgan fingerprint density at radius 1 is 1.31 bits per heavy atom. The summed E-state index contributed by atoms with van der Waals surface area (Å²) in [6.45, 7) is 5.08. The predicted molar refractivity (Wildman–Crippen MR) is 99.8 cm³/mol. The first kappa shape index (κ1) is 16.9. The van der Waals surface area contributed by atoms with Crippen LogP contribution in [-0.2, 0) is 16.0 Å². The fourth-order valence-electron chi connectivity index (χ4n) is 2.90. The van der Waals surface area contributed by atoms with Gasteiger partial charge in [-0.25, -0.2) is 0 Å². The third-order valence-corrected chi connectivity index (χ3v) is 5.22. The molecular weight excluding hydrogens is 352 g/mol. The fraction of sp³-hybridized carbons (Fsp3) is 0.412. The Hall–Kier alpha value is -2.52. The van der Waals surface area contributed by atoms with Crippen LogP contribution in [-0.4, -0.2) is 52.0 Å². The number of nitrogens with zero attached hydrogens (tertiary/aromatic N) is 5. The van der Waals surface area contributed by atoms with Crippen molar-refractivity contribution in [1.82, 2.24) is 19.8 Å². The van der Waals surface area contributed by atoms with E-state index >= 15 is 0 Å². The van der Waals surface area contributed by atoms with Crippen LogP contribution < -0.4 is 10.2 Å². The van der Waals surface area contributed by atoms with Gasteiger partial charge >= 0.3 is 0 Å². The molecule has 0 saturated carbocycles. The van der Waals surface area contributed by atoms with Crippen LogP contribution in [0.2, 0.25) is 0 Å². The standard InChI is InChI=1S/C17H20N6O2S/c1-12-19-20-17-23(12)21-16(26-17)6-5-15(24)18-13-3-2-4-14(11-13)22-7-9-25-10-8-22/h2-4,11H,5-10H2,1H3,(H,18,24). The van der Waals surface area contributed by atoms with E-state index in [1.807, 2.05) is 25.1 Å². The molecule has 26 heavy (non-hydrogen) atoms. The van der Waals surface area contributed by atoms with Crippen LogP contribution in [0.15, 0.2) is 24.3 Å². The van der Waals surface area contributed by atoms with Crippen molar-refractivity contribution in [3.8, 4) is 0 Å². The van der Waals surface area contributed by atoms with Gasteiger partial charge in [0.15, 0.2) is 5.82 Å². The SMILES string of the molecule is Cc1nnc2sc(CCC(=O)Nc3cccc(N4CCOCC4)c3)nn12. The minimum Gasteiger partial charge on any atom is -0.378 e. The molecule has 0 atom stereocenters. The third kappa shape index (κ3) is 3.68. The fourth-order valence-corrected chi connectivity index (χ4v) is 3.78. The number of aryl methyl sites for hydroxylation is 2. The molecule has 1 aromatic carbocycles. The molecule has 4 rings (SSSR count). The molecule has 1 N–H and O–H groups in total. The predicted octanol–water partition coefficient (Wildman–Crippen LogP) is 1.90. The summed E-state index contributed by atoms with van der Waals surface area (Å²) in [4.78, 5) is 15.3. The Labute approximate surface area is 154 Å². The Morgan fingerprint density at radius 3 is 2.96 bits per heavy atom. The molecule has 9 heteroatoms. The summed E-state index contributed by atoms with van der Waals surface area (Å²) in [5.41, 5.74) is 1.92. The number of amides is 1. The lowest BCUT2D eigenvalue weighted by molar-refractivity contribution is -0.116. The van der Waals surface area contributed by atoms with Crippen molar-refractivity contribution in [1.29, 1.82) is 0 Å². The Morgan fingerprint density at radius 2 is 2.15 bits per heavy atom. The molecule has 3 heterocycles. The number of anilines is 2. The summed E-state index contributed by atoms with van der Waals surface area (Å²) in [6.07, 6.45) is 0.966. The highest BCUT2D eigenvalue weighted by Crippen LogP contribution is 2.21. The van der Waals surface area contributed by atoms with E-state index < -0.39 is 0 Å².